The smallest absolute Gasteiger partial charge is 0.122 e. The molecule has 4 nitrogen and oxygen atoms in total. The zero-order chi connectivity index (χ0) is 10.7. The van der Waals surface area contributed by atoms with Crippen molar-refractivity contribution >= 4 is 6.21 Å². The number of nitrogens with zero attached hydrogens (tertiary/aromatic N) is 4. The van der Waals surface area contributed by atoms with E-state index in [-0.39, 0.29) is 0 Å². The van der Waals surface area contributed by atoms with Crippen molar-refractivity contribution in [1.82, 2.24) is 0 Å². The van der Waals surface area contributed by atoms with Crippen LogP contribution in [-0.4, -0.2) is 11.8 Å². The summed E-state index contributed by atoms with van der Waals surface area (Å²) in [5, 5.41) is 20.3. The van der Waals surface area contributed by atoms with Crippen molar-refractivity contribution in [2.75, 3.05) is 0 Å². The van der Waals surface area contributed by atoms with Crippen LogP contribution in [0.5, 0.6) is 0 Å². The molecule has 15 heavy (non-hydrogen) atoms. The van der Waals surface area contributed by atoms with Gasteiger partial charge in [0.25, 0.3) is 0 Å². The molecule has 4 heteroatoms. The molecule has 0 bridgehead atoms. The largest absolute Gasteiger partial charge is 0.192 e. The van der Waals surface area contributed by atoms with E-state index < -0.39 is 5.54 Å². The van der Waals surface area contributed by atoms with E-state index in [9.17, 15) is 0 Å². The Labute approximate surface area is 88.0 Å². The molecule has 1 unspecified atom stereocenters. The molecule has 0 aromatic heterocycles. The summed E-state index contributed by atoms with van der Waals surface area (Å²) >= 11 is 0. The van der Waals surface area contributed by atoms with E-state index >= 15 is 0 Å². The van der Waals surface area contributed by atoms with Crippen LogP contribution in [0.2, 0.25) is 0 Å². The van der Waals surface area contributed by atoms with Crippen LogP contribution in [0.25, 0.3) is 0 Å². The van der Waals surface area contributed by atoms with Crippen LogP contribution in [0.4, 0.5) is 0 Å². The first-order valence-electron chi connectivity index (χ1n) is 4.68. The molecule has 0 spiro atoms. The summed E-state index contributed by atoms with van der Waals surface area (Å²) in [7, 11) is 0. The van der Waals surface area contributed by atoms with Crippen molar-refractivity contribution in [3.05, 3.63) is 35.4 Å². The van der Waals surface area contributed by atoms with Crippen LogP contribution in [0.15, 0.2) is 39.7 Å². The molecule has 1 atom stereocenters. The molecule has 0 saturated carbocycles. The molecule has 2 rings (SSSR count). The van der Waals surface area contributed by atoms with E-state index in [2.05, 4.69) is 21.5 Å². The third-order valence-electron chi connectivity index (χ3n) is 2.35. The third-order valence-corrected chi connectivity index (χ3v) is 2.35. The van der Waals surface area contributed by atoms with Gasteiger partial charge in [-0.15, -0.1) is 5.10 Å². The van der Waals surface area contributed by atoms with Gasteiger partial charge in [-0.1, -0.05) is 18.2 Å². The van der Waals surface area contributed by atoms with Crippen molar-refractivity contribution in [2.45, 2.75) is 18.9 Å². The van der Waals surface area contributed by atoms with Gasteiger partial charge in [-0.2, -0.15) is 10.4 Å². The average Bonchev–Trinajstić information content (AvgIpc) is 2.66. The van der Waals surface area contributed by atoms with Crippen LogP contribution in [0, 0.1) is 11.3 Å². The third kappa shape index (κ3) is 1.91. The monoisotopic (exact) mass is 198 g/mol. The lowest BCUT2D eigenvalue weighted by Crippen LogP contribution is -2.24. The normalized spacial score (nSPS) is 22.9. The Morgan fingerprint density at radius 1 is 1.40 bits per heavy atom. The van der Waals surface area contributed by atoms with Gasteiger partial charge in [0.1, 0.15) is 5.54 Å². The Bertz CT molecular complexity index is 456. The van der Waals surface area contributed by atoms with Gasteiger partial charge in [0.2, 0.25) is 0 Å². The van der Waals surface area contributed by atoms with Crippen LogP contribution >= 0.6 is 0 Å². The van der Waals surface area contributed by atoms with E-state index in [1.807, 2.05) is 31.2 Å². The fraction of sp³-hybridized carbons (Fsp3) is 0.273. The minimum absolute atomic E-state index is 0.396. The SMILES string of the molecule is CC1(Cc2ccccc2C#N)C=NN=N1. The summed E-state index contributed by atoms with van der Waals surface area (Å²) in [5.74, 6) is 0. The van der Waals surface area contributed by atoms with E-state index in [0.717, 1.165) is 5.56 Å². The summed E-state index contributed by atoms with van der Waals surface area (Å²) in [5.41, 5.74) is 1.27. The minimum Gasteiger partial charge on any atom is -0.192 e. The number of hydrogen-bond donors (Lipinski definition) is 0. The maximum absolute atomic E-state index is 8.94. The molecule has 0 amide bonds. The number of rotatable bonds is 2. The standard InChI is InChI=1S/C11H10N4/c1-11(8-13-15-14-11)6-9-4-2-3-5-10(9)7-12/h2-5,8H,6H2,1H3. The molecule has 1 aromatic carbocycles. The molecule has 1 aromatic rings. The molecule has 0 N–H and O–H groups in total. The first kappa shape index (κ1) is 9.53. The second-order valence-electron chi connectivity index (χ2n) is 3.74. The lowest BCUT2D eigenvalue weighted by Gasteiger charge is -2.15. The predicted octanol–water partition coefficient (Wildman–Crippen LogP) is 2.31. The van der Waals surface area contributed by atoms with Crippen LogP contribution in [0.1, 0.15) is 18.1 Å². The Hall–Kier alpha value is -2.02. The van der Waals surface area contributed by atoms with Crippen molar-refractivity contribution < 1.29 is 0 Å². The summed E-state index contributed by atoms with van der Waals surface area (Å²) in [4.78, 5) is 0. The van der Waals surface area contributed by atoms with E-state index in [4.69, 9.17) is 5.26 Å². The van der Waals surface area contributed by atoms with Gasteiger partial charge in [0.15, 0.2) is 0 Å². The van der Waals surface area contributed by atoms with Crippen LogP contribution in [0.3, 0.4) is 0 Å². The summed E-state index contributed by atoms with van der Waals surface area (Å²) in [6, 6.07) is 9.69. The Morgan fingerprint density at radius 2 is 2.20 bits per heavy atom. The summed E-state index contributed by atoms with van der Waals surface area (Å²) < 4.78 is 0. The van der Waals surface area contributed by atoms with E-state index in [1.54, 1.807) is 6.21 Å². The summed E-state index contributed by atoms with van der Waals surface area (Å²) in [6.07, 6.45) is 2.37. The van der Waals surface area contributed by atoms with Crippen molar-refractivity contribution in [1.29, 1.82) is 5.26 Å². The molecular weight excluding hydrogens is 188 g/mol. The quantitative estimate of drug-likeness (QED) is 0.719. The Morgan fingerprint density at radius 3 is 2.87 bits per heavy atom. The van der Waals surface area contributed by atoms with Crippen LogP contribution in [-0.2, 0) is 6.42 Å². The molecule has 1 aliphatic rings. The topological polar surface area (TPSA) is 60.9 Å². The molecule has 1 heterocycles. The Kier molecular flexibility index (Phi) is 2.30. The van der Waals surface area contributed by atoms with E-state index in [0.29, 0.717) is 12.0 Å². The molecule has 0 saturated heterocycles. The van der Waals surface area contributed by atoms with Gasteiger partial charge in [0, 0.05) is 6.42 Å². The number of benzene rings is 1. The highest BCUT2D eigenvalue weighted by atomic mass is 15.4. The van der Waals surface area contributed by atoms with Gasteiger partial charge in [-0.25, -0.2) is 0 Å². The minimum atomic E-state index is -0.396. The molecule has 1 aliphatic heterocycles. The van der Waals surface area contributed by atoms with Crippen LogP contribution < -0.4 is 0 Å². The second-order valence-corrected chi connectivity index (χ2v) is 3.74. The lowest BCUT2D eigenvalue weighted by atomic mass is 9.92. The average molecular weight is 198 g/mol. The van der Waals surface area contributed by atoms with Gasteiger partial charge in [0.05, 0.1) is 17.8 Å². The van der Waals surface area contributed by atoms with E-state index in [1.165, 1.54) is 0 Å². The molecule has 0 fully saturated rings. The van der Waals surface area contributed by atoms with Crippen molar-refractivity contribution in [2.24, 2.45) is 15.4 Å². The summed E-state index contributed by atoms with van der Waals surface area (Å²) in [6.45, 7) is 1.95. The number of hydrogen-bond acceptors (Lipinski definition) is 4. The fourth-order valence-corrected chi connectivity index (χ4v) is 1.55. The lowest BCUT2D eigenvalue weighted by molar-refractivity contribution is 0.619. The second kappa shape index (κ2) is 3.62. The van der Waals surface area contributed by atoms with Gasteiger partial charge in [-0.05, 0) is 23.8 Å². The van der Waals surface area contributed by atoms with Gasteiger partial charge in [-0.3, -0.25) is 0 Å². The molecule has 0 radical (unpaired) electrons. The zero-order valence-corrected chi connectivity index (χ0v) is 8.38. The van der Waals surface area contributed by atoms with Gasteiger partial charge >= 0.3 is 0 Å². The number of nitriles is 1. The predicted molar refractivity (Wildman–Crippen MR) is 56.6 cm³/mol. The maximum Gasteiger partial charge on any atom is 0.122 e. The Balaban J connectivity index is 2.29. The maximum atomic E-state index is 8.94. The zero-order valence-electron chi connectivity index (χ0n) is 8.38. The molecule has 74 valence electrons. The van der Waals surface area contributed by atoms with Crippen molar-refractivity contribution in [3.63, 3.8) is 0 Å². The van der Waals surface area contributed by atoms with Crippen molar-refractivity contribution in [3.8, 4) is 6.07 Å². The fourth-order valence-electron chi connectivity index (χ4n) is 1.55. The highest BCUT2D eigenvalue weighted by Crippen LogP contribution is 2.21. The first-order chi connectivity index (χ1) is 7.23. The highest BCUT2D eigenvalue weighted by molar-refractivity contribution is 5.71. The molecular formula is C11H10N4. The highest BCUT2D eigenvalue weighted by Gasteiger charge is 2.26. The first-order valence-corrected chi connectivity index (χ1v) is 4.68. The molecule has 0 aliphatic carbocycles. The van der Waals surface area contributed by atoms with Gasteiger partial charge < -0.3 is 0 Å².